The van der Waals surface area contributed by atoms with Crippen LogP contribution in [0.5, 0.6) is 0 Å². The highest BCUT2D eigenvalue weighted by molar-refractivity contribution is 5.96. The zero-order valence-electron chi connectivity index (χ0n) is 9.99. The van der Waals surface area contributed by atoms with Crippen LogP contribution in [0.25, 0.3) is 0 Å². The summed E-state index contributed by atoms with van der Waals surface area (Å²) in [7, 11) is 0. The van der Waals surface area contributed by atoms with Gasteiger partial charge in [0.1, 0.15) is 0 Å². The van der Waals surface area contributed by atoms with Crippen molar-refractivity contribution in [3.05, 3.63) is 42.5 Å². The van der Waals surface area contributed by atoms with E-state index in [2.05, 4.69) is 18.8 Å². The van der Waals surface area contributed by atoms with Crippen LogP contribution in [0, 0.1) is 0 Å². The number of nitrogens with one attached hydrogen (secondary N) is 1. The Morgan fingerprint density at radius 1 is 1.44 bits per heavy atom. The first-order valence-corrected chi connectivity index (χ1v) is 5.68. The number of Topliss-reactive ketones (excluding diaryl/α,β-unsaturated/α-hetero) is 1. The van der Waals surface area contributed by atoms with Crippen molar-refractivity contribution in [2.75, 3.05) is 5.32 Å². The van der Waals surface area contributed by atoms with Gasteiger partial charge in [-0.25, -0.2) is 0 Å². The number of carbonyl (C=O) groups is 1. The monoisotopic (exact) mass is 217 g/mol. The molecule has 1 atom stereocenters. The number of anilines is 1. The molecule has 0 aliphatic rings. The zero-order valence-corrected chi connectivity index (χ0v) is 9.99. The van der Waals surface area contributed by atoms with Gasteiger partial charge in [0.15, 0.2) is 5.78 Å². The van der Waals surface area contributed by atoms with E-state index in [-0.39, 0.29) is 5.78 Å². The number of ketones is 1. The third kappa shape index (κ3) is 3.54. The van der Waals surface area contributed by atoms with Crippen LogP contribution in [-0.4, -0.2) is 11.8 Å². The van der Waals surface area contributed by atoms with E-state index in [4.69, 9.17) is 0 Å². The Hall–Kier alpha value is -1.57. The van der Waals surface area contributed by atoms with Crippen LogP contribution in [-0.2, 0) is 0 Å². The third-order valence-corrected chi connectivity index (χ3v) is 2.46. The standard InChI is InChI=1S/C14H19NO/c1-4-6-11(3)15-13-9-7-12(8-10-13)14(16)5-2/h4,7-11,15H,1,5-6H2,2-3H3. The number of benzene rings is 1. The molecule has 1 N–H and O–H groups in total. The summed E-state index contributed by atoms with van der Waals surface area (Å²) in [6.45, 7) is 7.69. The van der Waals surface area contributed by atoms with E-state index in [0.717, 1.165) is 17.7 Å². The molecule has 0 spiro atoms. The van der Waals surface area contributed by atoms with Gasteiger partial charge in [-0.15, -0.1) is 6.58 Å². The highest BCUT2D eigenvalue weighted by Crippen LogP contribution is 2.13. The summed E-state index contributed by atoms with van der Waals surface area (Å²) in [6.07, 6.45) is 3.38. The van der Waals surface area contributed by atoms with E-state index in [9.17, 15) is 4.79 Å². The van der Waals surface area contributed by atoms with Crippen molar-refractivity contribution in [1.29, 1.82) is 0 Å². The van der Waals surface area contributed by atoms with Gasteiger partial charge in [-0.2, -0.15) is 0 Å². The van der Waals surface area contributed by atoms with Crippen LogP contribution >= 0.6 is 0 Å². The number of hydrogen-bond acceptors (Lipinski definition) is 2. The van der Waals surface area contributed by atoms with E-state index in [1.807, 2.05) is 37.3 Å². The first kappa shape index (κ1) is 12.5. The molecule has 0 amide bonds. The molecular weight excluding hydrogens is 198 g/mol. The molecule has 0 aromatic heterocycles. The van der Waals surface area contributed by atoms with Gasteiger partial charge in [-0.05, 0) is 37.6 Å². The highest BCUT2D eigenvalue weighted by atomic mass is 16.1. The molecule has 0 aliphatic carbocycles. The smallest absolute Gasteiger partial charge is 0.162 e. The van der Waals surface area contributed by atoms with Gasteiger partial charge in [0.2, 0.25) is 0 Å². The molecule has 0 saturated heterocycles. The first-order chi connectivity index (χ1) is 7.67. The predicted octanol–water partition coefficient (Wildman–Crippen LogP) is 3.66. The molecule has 1 aromatic carbocycles. The maximum Gasteiger partial charge on any atom is 0.162 e. The Morgan fingerprint density at radius 2 is 2.06 bits per heavy atom. The summed E-state index contributed by atoms with van der Waals surface area (Å²) in [5.74, 6) is 0.186. The molecule has 0 aliphatic heterocycles. The molecule has 0 fully saturated rings. The van der Waals surface area contributed by atoms with Crippen LogP contribution in [0.15, 0.2) is 36.9 Å². The SMILES string of the molecule is C=CCC(C)Nc1ccc(C(=O)CC)cc1. The van der Waals surface area contributed by atoms with Crippen LogP contribution in [0.3, 0.4) is 0 Å². The summed E-state index contributed by atoms with van der Waals surface area (Å²) in [4.78, 5) is 11.4. The van der Waals surface area contributed by atoms with E-state index in [1.54, 1.807) is 0 Å². The lowest BCUT2D eigenvalue weighted by Crippen LogP contribution is -2.13. The first-order valence-electron chi connectivity index (χ1n) is 5.68. The van der Waals surface area contributed by atoms with E-state index < -0.39 is 0 Å². The second kappa shape index (κ2) is 6.11. The lowest BCUT2D eigenvalue weighted by Gasteiger charge is -2.13. The Morgan fingerprint density at radius 3 is 2.56 bits per heavy atom. The normalized spacial score (nSPS) is 11.9. The lowest BCUT2D eigenvalue weighted by atomic mass is 10.1. The van der Waals surface area contributed by atoms with Crippen molar-refractivity contribution in [3.63, 3.8) is 0 Å². The quantitative estimate of drug-likeness (QED) is 0.582. The Labute approximate surface area is 97.4 Å². The number of carbonyl (C=O) groups excluding carboxylic acids is 1. The molecule has 2 nitrogen and oxygen atoms in total. The molecule has 0 bridgehead atoms. The topological polar surface area (TPSA) is 29.1 Å². The molecule has 1 aromatic rings. The van der Waals surface area contributed by atoms with E-state index in [1.165, 1.54) is 0 Å². The van der Waals surface area contributed by atoms with Gasteiger partial charge in [0.05, 0.1) is 0 Å². The largest absolute Gasteiger partial charge is 0.382 e. The fourth-order valence-electron chi connectivity index (χ4n) is 1.55. The third-order valence-electron chi connectivity index (χ3n) is 2.46. The molecule has 0 radical (unpaired) electrons. The van der Waals surface area contributed by atoms with Crippen molar-refractivity contribution in [3.8, 4) is 0 Å². The molecule has 2 heteroatoms. The molecule has 86 valence electrons. The minimum Gasteiger partial charge on any atom is -0.382 e. The van der Waals surface area contributed by atoms with Gasteiger partial charge in [-0.3, -0.25) is 4.79 Å². The van der Waals surface area contributed by atoms with Crippen molar-refractivity contribution >= 4 is 11.5 Å². The van der Waals surface area contributed by atoms with Gasteiger partial charge >= 0.3 is 0 Å². The van der Waals surface area contributed by atoms with E-state index in [0.29, 0.717) is 12.5 Å². The van der Waals surface area contributed by atoms with Crippen molar-refractivity contribution in [2.24, 2.45) is 0 Å². The second-order valence-corrected chi connectivity index (χ2v) is 3.92. The lowest BCUT2D eigenvalue weighted by molar-refractivity contribution is 0.0988. The van der Waals surface area contributed by atoms with Crippen LogP contribution in [0.4, 0.5) is 5.69 Å². The summed E-state index contributed by atoms with van der Waals surface area (Å²) < 4.78 is 0. The predicted molar refractivity (Wildman–Crippen MR) is 69.0 cm³/mol. The second-order valence-electron chi connectivity index (χ2n) is 3.92. The van der Waals surface area contributed by atoms with Gasteiger partial charge in [-0.1, -0.05) is 13.0 Å². The summed E-state index contributed by atoms with van der Waals surface area (Å²) >= 11 is 0. The maximum atomic E-state index is 11.4. The van der Waals surface area contributed by atoms with Crippen molar-refractivity contribution in [2.45, 2.75) is 32.7 Å². The summed E-state index contributed by atoms with van der Waals surface area (Å²) in [6, 6.07) is 8.00. The van der Waals surface area contributed by atoms with Crippen LogP contribution in [0.1, 0.15) is 37.0 Å². The molecular formula is C14H19NO. The minimum atomic E-state index is 0.186. The van der Waals surface area contributed by atoms with Gasteiger partial charge < -0.3 is 5.32 Å². The average molecular weight is 217 g/mol. The molecule has 1 rings (SSSR count). The molecule has 16 heavy (non-hydrogen) atoms. The summed E-state index contributed by atoms with van der Waals surface area (Å²) in [5, 5.41) is 3.34. The molecule has 0 heterocycles. The van der Waals surface area contributed by atoms with E-state index >= 15 is 0 Å². The average Bonchev–Trinajstić information content (AvgIpc) is 2.29. The van der Waals surface area contributed by atoms with Crippen LogP contribution < -0.4 is 5.32 Å². The number of hydrogen-bond donors (Lipinski definition) is 1. The fraction of sp³-hybridized carbons (Fsp3) is 0.357. The van der Waals surface area contributed by atoms with Crippen molar-refractivity contribution < 1.29 is 4.79 Å². The zero-order chi connectivity index (χ0) is 12.0. The highest BCUT2D eigenvalue weighted by Gasteiger charge is 2.03. The Bertz CT molecular complexity index is 354. The maximum absolute atomic E-state index is 11.4. The summed E-state index contributed by atoms with van der Waals surface area (Å²) in [5.41, 5.74) is 1.83. The van der Waals surface area contributed by atoms with Gasteiger partial charge in [0.25, 0.3) is 0 Å². The minimum absolute atomic E-state index is 0.186. The molecule has 1 unspecified atom stereocenters. The number of rotatable bonds is 6. The fourth-order valence-corrected chi connectivity index (χ4v) is 1.55. The van der Waals surface area contributed by atoms with Gasteiger partial charge in [0, 0.05) is 23.7 Å². The van der Waals surface area contributed by atoms with Crippen LogP contribution in [0.2, 0.25) is 0 Å². The Balaban J connectivity index is 2.64. The van der Waals surface area contributed by atoms with Crippen molar-refractivity contribution in [1.82, 2.24) is 0 Å². The molecule has 0 saturated carbocycles. The Kier molecular flexibility index (Phi) is 4.77.